The van der Waals surface area contributed by atoms with E-state index in [0.29, 0.717) is 6.42 Å². The van der Waals surface area contributed by atoms with Gasteiger partial charge in [-0.2, -0.15) is 8.75 Å². The Balaban J connectivity index is 1.96. The topological polar surface area (TPSA) is 92.2 Å². The molecule has 21 heavy (non-hydrogen) atoms. The number of carbonyl (C=O) groups is 2. The molecule has 0 radical (unpaired) electrons. The van der Waals surface area contributed by atoms with Gasteiger partial charge in [-0.1, -0.05) is 29.8 Å². The Labute approximate surface area is 126 Å². The molecular formula is C14H15N3O3S. The number of hydrogen-bond donors (Lipinski definition) is 2. The Morgan fingerprint density at radius 3 is 2.86 bits per heavy atom. The summed E-state index contributed by atoms with van der Waals surface area (Å²) in [6.07, 6.45) is 1.73. The van der Waals surface area contributed by atoms with Crippen molar-refractivity contribution in [3.05, 3.63) is 47.3 Å². The van der Waals surface area contributed by atoms with Gasteiger partial charge in [0.1, 0.15) is 0 Å². The van der Waals surface area contributed by atoms with Gasteiger partial charge in [-0.3, -0.25) is 9.59 Å². The molecule has 0 saturated carbocycles. The summed E-state index contributed by atoms with van der Waals surface area (Å²) in [6.45, 7) is 2.01. The number of benzene rings is 1. The third kappa shape index (κ3) is 4.35. The van der Waals surface area contributed by atoms with Crippen molar-refractivity contribution >= 4 is 23.6 Å². The minimum atomic E-state index is -0.937. The van der Waals surface area contributed by atoms with Gasteiger partial charge in [-0.05, 0) is 18.9 Å². The number of carboxylic acids is 1. The van der Waals surface area contributed by atoms with Crippen LogP contribution in [0, 0.1) is 12.8 Å². The van der Waals surface area contributed by atoms with Crippen molar-refractivity contribution in [1.82, 2.24) is 14.1 Å². The molecule has 2 N–H and O–H groups in total. The van der Waals surface area contributed by atoms with E-state index in [1.807, 2.05) is 31.2 Å². The molecule has 7 heteroatoms. The van der Waals surface area contributed by atoms with Crippen molar-refractivity contribution in [2.45, 2.75) is 13.3 Å². The molecule has 0 aliphatic rings. The molecule has 0 aliphatic heterocycles. The van der Waals surface area contributed by atoms with Gasteiger partial charge >= 0.3 is 5.97 Å². The summed E-state index contributed by atoms with van der Waals surface area (Å²) in [5.41, 5.74) is 2.22. The standard InChI is InChI=1S/C14H15N3O3S/c1-9-3-2-4-10(5-9)6-11(14(19)20)7-15-13(18)12-8-16-21-17-12/h2-5,8,11H,6-7H2,1H3,(H,15,18)(H,19,20). The van der Waals surface area contributed by atoms with Gasteiger partial charge in [0.25, 0.3) is 5.91 Å². The van der Waals surface area contributed by atoms with Crippen LogP contribution in [0.2, 0.25) is 0 Å². The van der Waals surface area contributed by atoms with E-state index in [4.69, 9.17) is 0 Å². The maximum absolute atomic E-state index is 11.7. The lowest BCUT2D eigenvalue weighted by molar-refractivity contribution is -0.141. The van der Waals surface area contributed by atoms with Crippen LogP contribution in [0.15, 0.2) is 30.5 Å². The Bertz CT molecular complexity index is 628. The van der Waals surface area contributed by atoms with Crippen LogP contribution < -0.4 is 5.32 Å². The summed E-state index contributed by atoms with van der Waals surface area (Å²) in [6, 6.07) is 7.68. The summed E-state index contributed by atoms with van der Waals surface area (Å²) in [5, 5.41) is 11.9. The molecule has 0 bridgehead atoms. The summed E-state index contributed by atoms with van der Waals surface area (Å²) >= 11 is 0.936. The average Bonchev–Trinajstić information content (AvgIpc) is 2.97. The maximum Gasteiger partial charge on any atom is 0.308 e. The number of nitrogens with one attached hydrogen (secondary N) is 1. The Hall–Kier alpha value is -2.28. The molecule has 1 amide bonds. The zero-order chi connectivity index (χ0) is 15.2. The van der Waals surface area contributed by atoms with Crippen LogP contribution in [0.25, 0.3) is 0 Å². The number of rotatable bonds is 6. The average molecular weight is 305 g/mol. The van der Waals surface area contributed by atoms with Crippen molar-refractivity contribution in [3.63, 3.8) is 0 Å². The van der Waals surface area contributed by atoms with E-state index < -0.39 is 17.8 Å². The monoisotopic (exact) mass is 305 g/mol. The second kappa shape index (κ2) is 6.94. The van der Waals surface area contributed by atoms with E-state index >= 15 is 0 Å². The first-order valence-corrected chi connectivity index (χ1v) is 7.13. The van der Waals surface area contributed by atoms with Gasteiger partial charge in [0.15, 0.2) is 5.69 Å². The number of carboxylic acid groups (broad SMARTS) is 1. The molecule has 110 valence electrons. The lowest BCUT2D eigenvalue weighted by atomic mass is 9.98. The highest BCUT2D eigenvalue weighted by atomic mass is 32.1. The number of aryl methyl sites for hydroxylation is 1. The molecule has 1 unspecified atom stereocenters. The van der Waals surface area contributed by atoms with Gasteiger partial charge in [0.2, 0.25) is 0 Å². The second-order valence-electron chi connectivity index (χ2n) is 4.73. The molecule has 1 aromatic carbocycles. The van der Waals surface area contributed by atoms with E-state index in [1.165, 1.54) is 6.20 Å². The summed E-state index contributed by atoms with van der Waals surface area (Å²) in [4.78, 5) is 23.1. The number of hydrogen-bond acceptors (Lipinski definition) is 5. The van der Waals surface area contributed by atoms with E-state index in [0.717, 1.165) is 22.9 Å². The van der Waals surface area contributed by atoms with Crippen LogP contribution in [-0.2, 0) is 11.2 Å². The molecule has 1 atom stereocenters. The van der Waals surface area contributed by atoms with Gasteiger partial charge in [-0.15, -0.1) is 0 Å². The van der Waals surface area contributed by atoms with E-state index in [-0.39, 0.29) is 12.2 Å². The van der Waals surface area contributed by atoms with E-state index in [1.54, 1.807) is 0 Å². The molecule has 0 aliphatic carbocycles. The quantitative estimate of drug-likeness (QED) is 0.844. The first kappa shape index (κ1) is 15.1. The predicted molar refractivity (Wildman–Crippen MR) is 78.3 cm³/mol. The molecule has 1 heterocycles. The molecule has 0 fully saturated rings. The molecule has 0 spiro atoms. The fraction of sp³-hybridized carbons (Fsp3) is 0.286. The predicted octanol–water partition coefficient (Wildman–Crippen LogP) is 1.52. The highest BCUT2D eigenvalue weighted by Gasteiger charge is 2.20. The largest absolute Gasteiger partial charge is 0.481 e. The van der Waals surface area contributed by atoms with Crippen molar-refractivity contribution in [2.75, 3.05) is 6.54 Å². The highest BCUT2D eigenvalue weighted by molar-refractivity contribution is 6.99. The zero-order valence-corrected chi connectivity index (χ0v) is 12.3. The van der Waals surface area contributed by atoms with E-state index in [2.05, 4.69) is 14.1 Å². The number of aliphatic carboxylic acids is 1. The molecule has 0 saturated heterocycles. The van der Waals surface area contributed by atoms with Crippen molar-refractivity contribution in [2.24, 2.45) is 5.92 Å². The van der Waals surface area contributed by atoms with Crippen LogP contribution in [0.1, 0.15) is 21.6 Å². The summed E-state index contributed by atoms with van der Waals surface area (Å²) < 4.78 is 7.54. The van der Waals surface area contributed by atoms with E-state index in [9.17, 15) is 14.7 Å². The van der Waals surface area contributed by atoms with Crippen LogP contribution in [-0.4, -0.2) is 32.3 Å². The SMILES string of the molecule is Cc1cccc(CC(CNC(=O)c2cnsn2)C(=O)O)c1. The number of aromatic nitrogens is 2. The summed E-state index contributed by atoms with van der Waals surface area (Å²) in [7, 11) is 0. The van der Waals surface area contributed by atoms with Gasteiger partial charge < -0.3 is 10.4 Å². The Morgan fingerprint density at radius 2 is 2.24 bits per heavy atom. The fourth-order valence-electron chi connectivity index (χ4n) is 1.94. The summed E-state index contributed by atoms with van der Waals surface area (Å²) in [5.74, 6) is -2.02. The van der Waals surface area contributed by atoms with Gasteiger partial charge in [0, 0.05) is 6.54 Å². The van der Waals surface area contributed by atoms with Crippen molar-refractivity contribution in [1.29, 1.82) is 0 Å². The van der Waals surface area contributed by atoms with Crippen molar-refractivity contribution < 1.29 is 14.7 Å². The number of nitrogens with zero attached hydrogens (tertiary/aromatic N) is 2. The van der Waals surface area contributed by atoms with Crippen molar-refractivity contribution in [3.8, 4) is 0 Å². The Kier molecular flexibility index (Phi) is 4.99. The maximum atomic E-state index is 11.7. The lowest BCUT2D eigenvalue weighted by Gasteiger charge is -2.13. The van der Waals surface area contributed by atoms with Crippen LogP contribution in [0.5, 0.6) is 0 Å². The number of amides is 1. The van der Waals surface area contributed by atoms with Crippen LogP contribution >= 0.6 is 11.7 Å². The van der Waals surface area contributed by atoms with Crippen LogP contribution in [0.4, 0.5) is 0 Å². The first-order valence-electron chi connectivity index (χ1n) is 6.40. The fourth-order valence-corrected chi connectivity index (χ4v) is 2.35. The Morgan fingerprint density at radius 1 is 1.43 bits per heavy atom. The second-order valence-corrected chi connectivity index (χ2v) is 5.29. The molecule has 6 nitrogen and oxygen atoms in total. The highest BCUT2D eigenvalue weighted by Crippen LogP contribution is 2.11. The van der Waals surface area contributed by atoms with Gasteiger partial charge in [-0.25, -0.2) is 0 Å². The third-order valence-corrected chi connectivity index (χ3v) is 3.49. The first-order chi connectivity index (χ1) is 10.1. The normalized spacial score (nSPS) is 11.9. The van der Waals surface area contributed by atoms with Gasteiger partial charge in [0.05, 0.1) is 23.8 Å². The molecular weight excluding hydrogens is 290 g/mol. The molecule has 2 rings (SSSR count). The molecule has 2 aromatic rings. The minimum Gasteiger partial charge on any atom is -0.481 e. The zero-order valence-electron chi connectivity index (χ0n) is 11.4. The smallest absolute Gasteiger partial charge is 0.308 e. The van der Waals surface area contributed by atoms with Crippen LogP contribution in [0.3, 0.4) is 0 Å². The minimum absolute atomic E-state index is 0.0552. The molecule has 1 aromatic heterocycles. The number of carbonyl (C=O) groups excluding carboxylic acids is 1. The third-order valence-electron chi connectivity index (χ3n) is 3.02. The lowest BCUT2D eigenvalue weighted by Crippen LogP contribution is -2.34.